The third-order valence-corrected chi connectivity index (χ3v) is 2.51. The van der Waals surface area contributed by atoms with Crippen LogP contribution in [0, 0.1) is 0 Å². The molecule has 1 rings (SSSR count). The minimum Gasteiger partial charge on any atom is -0.356 e. The fourth-order valence-corrected chi connectivity index (χ4v) is 1.56. The molecule has 0 bridgehead atoms. The van der Waals surface area contributed by atoms with Crippen LogP contribution in [0.1, 0.15) is 32.6 Å². The summed E-state index contributed by atoms with van der Waals surface area (Å²) in [5, 5.41) is 2.78. The molecule has 1 N–H and O–H groups in total. The summed E-state index contributed by atoms with van der Waals surface area (Å²) in [5.41, 5.74) is 0. The average molecular weight is 238 g/mol. The number of nitrogens with zero attached hydrogens (tertiary/aromatic N) is 1. The summed E-state index contributed by atoms with van der Waals surface area (Å²) in [5.74, 6) is -0.486. The number of carbonyl (C=O) groups excluding carboxylic acids is 3. The second kappa shape index (κ2) is 6.83. The standard InChI is InChI=1S/C12H18N2O3/c1-2-8-13-10(15)5-3-4-9-14-11(16)6-7-12(14)17/h6-7H,2-5,8-9H2,1H3,(H,13,15). The fraction of sp³-hybridized carbons (Fsp3) is 0.583. The van der Waals surface area contributed by atoms with Gasteiger partial charge >= 0.3 is 0 Å². The van der Waals surface area contributed by atoms with Crippen molar-refractivity contribution in [3.63, 3.8) is 0 Å². The first-order valence-corrected chi connectivity index (χ1v) is 5.95. The summed E-state index contributed by atoms with van der Waals surface area (Å²) in [6, 6.07) is 0. The van der Waals surface area contributed by atoms with E-state index in [2.05, 4.69) is 5.32 Å². The zero-order chi connectivity index (χ0) is 12.7. The zero-order valence-electron chi connectivity index (χ0n) is 10.1. The van der Waals surface area contributed by atoms with Crippen molar-refractivity contribution in [2.24, 2.45) is 0 Å². The van der Waals surface area contributed by atoms with Crippen molar-refractivity contribution in [1.82, 2.24) is 10.2 Å². The van der Waals surface area contributed by atoms with Crippen molar-refractivity contribution < 1.29 is 14.4 Å². The van der Waals surface area contributed by atoms with Gasteiger partial charge in [-0.1, -0.05) is 6.92 Å². The van der Waals surface area contributed by atoms with E-state index >= 15 is 0 Å². The summed E-state index contributed by atoms with van der Waals surface area (Å²) in [7, 11) is 0. The van der Waals surface area contributed by atoms with E-state index in [1.807, 2.05) is 6.92 Å². The van der Waals surface area contributed by atoms with Crippen molar-refractivity contribution in [3.05, 3.63) is 12.2 Å². The van der Waals surface area contributed by atoms with Gasteiger partial charge in [0.25, 0.3) is 11.8 Å². The Labute approximate surface area is 101 Å². The molecular weight excluding hydrogens is 220 g/mol. The predicted molar refractivity (Wildman–Crippen MR) is 63.0 cm³/mol. The number of hydrogen-bond donors (Lipinski definition) is 1. The molecular formula is C12H18N2O3. The van der Waals surface area contributed by atoms with Gasteiger partial charge in [0, 0.05) is 31.7 Å². The maximum Gasteiger partial charge on any atom is 0.253 e. The molecule has 0 atom stereocenters. The third kappa shape index (κ3) is 4.38. The zero-order valence-corrected chi connectivity index (χ0v) is 10.1. The van der Waals surface area contributed by atoms with Gasteiger partial charge in [-0.3, -0.25) is 19.3 Å². The summed E-state index contributed by atoms with van der Waals surface area (Å²) in [4.78, 5) is 34.8. The summed E-state index contributed by atoms with van der Waals surface area (Å²) in [6.45, 7) is 3.09. The van der Waals surface area contributed by atoms with Crippen molar-refractivity contribution in [1.29, 1.82) is 0 Å². The third-order valence-electron chi connectivity index (χ3n) is 2.51. The lowest BCUT2D eigenvalue weighted by Gasteiger charge is -2.12. The van der Waals surface area contributed by atoms with Gasteiger partial charge in [0.1, 0.15) is 0 Å². The van der Waals surface area contributed by atoms with Crippen molar-refractivity contribution in [2.75, 3.05) is 13.1 Å². The number of hydrogen-bond acceptors (Lipinski definition) is 3. The molecule has 0 radical (unpaired) electrons. The maximum atomic E-state index is 11.3. The van der Waals surface area contributed by atoms with Crippen LogP contribution in [0.4, 0.5) is 0 Å². The van der Waals surface area contributed by atoms with E-state index < -0.39 is 0 Å². The van der Waals surface area contributed by atoms with Gasteiger partial charge in [0.15, 0.2) is 0 Å². The topological polar surface area (TPSA) is 66.5 Å². The van der Waals surface area contributed by atoms with Gasteiger partial charge < -0.3 is 5.32 Å². The molecule has 1 aliphatic heterocycles. The lowest BCUT2D eigenvalue weighted by molar-refractivity contribution is -0.136. The van der Waals surface area contributed by atoms with Gasteiger partial charge in [0.05, 0.1) is 0 Å². The smallest absolute Gasteiger partial charge is 0.253 e. The summed E-state index contributed by atoms with van der Waals surface area (Å²) in [6.07, 6.45) is 5.27. The summed E-state index contributed by atoms with van der Waals surface area (Å²) >= 11 is 0. The van der Waals surface area contributed by atoms with Crippen LogP contribution in [0.3, 0.4) is 0 Å². The average Bonchev–Trinajstić information content (AvgIpc) is 2.62. The lowest BCUT2D eigenvalue weighted by Crippen LogP contribution is -2.31. The Morgan fingerprint density at radius 1 is 1.24 bits per heavy atom. The molecule has 1 aliphatic rings. The molecule has 0 aromatic rings. The number of nitrogens with one attached hydrogen (secondary N) is 1. The van der Waals surface area contributed by atoms with Crippen LogP contribution in [0.2, 0.25) is 0 Å². The molecule has 0 aliphatic carbocycles. The second-order valence-electron chi connectivity index (χ2n) is 3.97. The quantitative estimate of drug-likeness (QED) is 0.522. The van der Waals surface area contributed by atoms with E-state index in [1.54, 1.807) is 0 Å². The molecule has 0 aromatic heterocycles. The molecule has 0 aromatic carbocycles. The highest BCUT2D eigenvalue weighted by atomic mass is 16.2. The van der Waals surface area contributed by atoms with Gasteiger partial charge in [-0.05, 0) is 19.3 Å². The highest BCUT2D eigenvalue weighted by molar-refractivity contribution is 6.12. The highest BCUT2D eigenvalue weighted by Crippen LogP contribution is 2.06. The van der Waals surface area contributed by atoms with Crippen LogP contribution in [0.25, 0.3) is 0 Å². The van der Waals surface area contributed by atoms with Gasteiger partial charge in [0.2, 0.25) is 5.91 Å². The predicted octanol–water partition coefficient (Wildman–Crippen LogP) is 0.608. The molecule has 0 saturated carbocycles. The Morgan fingerprint density at radius 3 is 2.47 bits per heavy atom. The minimum atomic E-state index is -0.259. The van der Waals surface area contributed by atoms with E-state index in [9.17, 15) is 14.4 Å². The first-order valence-electron chi connectivity index (χ1n) is 5.95. The van der Waals surface area contributed by atoms with Crippen LogP contribution in [-0.4, -0.2) is 35.7 Å². The number of unbranched alkanes of at least 4 members (excludes halogenated alkanes) is 1. The Balaban J connectivity index is 2.10. The Kier molecular flexibility index (Phi) is 5.39. The molecule has 5 nitrogen and oxygen atoms in total. The number of amides is 3. The van der Waals surface area contributed by atoms with Gasteiger partial charge in [-0.25, -0.2) is 0 Å². The molecule has 0 fully saturated rings. The molecule has 0 unspecified atom stereocenters. The minimum absolute atomic E-state index is 0.0315. The molecule has 1 heterocycles. The first-order chi connectivity index (χ1) is 8.15. The number of imide groups is 1. The largest absolute Gasteiger partial charge is 0.356 e. The van der Waals surface area contributed by atoms with Crippen LogP contribution < -0.4 is 5.32 Å². The van der Waals surface area contributed by atoms with Crippen molar-refractivity contribution in [3.8, 4) is 0 Å². The van der Waals surface area contributed by atoms with Crippen LogP contribution >= 0.6 is 0 Å². The van der Waals surface area contributed by atoms with E-state index in [0.717, 1.165) is 6.42 Å². The van der Waals surface area contributed by atoms with E-state index in [4.69, 9.17) is 0 Å². The molecule has 3 amide bonds. The van der Waals surface area contributed by atoms with E-state index in [0.29, 0.717) is 32.4 Å². The van der Waals surface area contributed by atoms with Crippen LogP contribution in [0.5, 0.6) is 0 Å². The highest BCUT2D eigenvalue weighted by Gasteiger charge is 2.22. The van der Waals surface area contributed by atoms with Gasteiger partial charge in [-0.15, -0.1) is 0 Å². The second-order valence-corrected chi connectivity index (χ2v) is 3.97. The normalized spacial score (nSPS) is 14.5. The van der Waals surface area contributed by atoms with Crippen LogP contribution in [0.15, 0.2) is 12.2 Å². The van der Waals surface area contributed by atoms with E-state index in [-0.39, 0.29) is 17.7 Å². The first kappa shape index (κ1) is 13.4. The molecule has 94 valence electrons. The maximum absolute atomic E-state index is 11.3. The Hall–Kier alpha value is -1.65. The SMILES string of the molecule is CCCNC(=O)CCCCN1C(=O)C=CC1=O. The molecule has 0 saturated heterocycles. The number of rotatable bonds is 7. The Morgan fingerprint density at radius 2 is 1.88 bits per heavy atom. The van der Waals surface area contributed by atoms with Gasteiger partial charge in [-0.2, -0.15) is 0 Å². The fourth-order valence-electron chi connectivity index (χ4n) is 1.56. The molecule has 17 heavy (non-hydrogen) atoms. The monoisotopic (exact) mass is 238 g/mol. The summed E-state index contributed by atoms with van der Waals surface area (Å²) < 4.78 is 0. The molecule has 0 spiro atoms. The molecule has 5 heteroatoms. The lowest BCUT2D eigenvalue weighted by atomic mass is 10.2. The Bertz CT molecular complexity index is 319. The van der Waals surface area contributed by atoms with Crippen molar-refractivity contribution >= 4 is 17.7 Å². The van der Waals surface area contributed by atoms with E-state index in [1.165, 1.54) is 17.1 Å². The number of carbonyl (C=O) groups is 3. The van der Waals surface area contributed by atoms with Crippen LogP contribution in [-0.2, 0) is 14.4 Å². The van der Waals surface area contributed by atoms with Crippen molar-refractivity contribution in [2.45, 2.75) is 32.6 Å².